The van der Waals surface area contributed by atoms with Crippen LogP contribution in [0, 0.1) is 6.92 Å². The number of hydrogen-bond acceptors (Lipinski definition) is 1. The van der Waals surface area contributed by atoms with Crippen molar-refractivity contribution in [2.24, 2.45) is 0 Å². The molecule has 0 aliphatic carbocycles. The third kappa shape index (κ3) is 4.06. The zero-order chi connectivity index (χ0) is 9.68. The summed E-state index contributed by atoms with van der Waals surface area (Å²) in [6, 6.07) is 8.50. The maximum atomic E-state index is 9.04. The van der Waals surface area contributed by atoms with Gasteiger partial charge >= 0.3 is 0 Å². The lowest BCUT2D eigenvalue weighted by molar-refractivity contribution is -0.676. The standard InChI is InChI=1S/C11H17NO/c1-9-3-5-11(6-4-9)8-12-7-10(2)13/h3-6,10,12-13H,7-8H2,1-2H3/p+1/t10-/m0/s1. The fourth-order valence-electron chi connectivity index (χ4n) is 1.22. The normalized spacial score (nSPS) is 12.8. The molecule has 2 nitrogen and oxygen atoms in total. The maximum absolute atomic E-state index is 9.04. The van der Waals surface area contributed by atoms with Crippen LogP contribution < -0.4 is 5.32 Å². The molecule has 0 saturated heterocycles. The summed E-state index contributed by atoms with van der Waals surface area (Å²) in [5.41, 5.74) is 2.60. The summed E-state index contributed by atoms with van der Waals surface area (Å²) in [6.07, 6.45) is -0.217. The molecule has 0 aliphatic heterocycles. The molecule has 0 spiro atoms. The van der Waals surface area contributed by atoms with Gasteiger partial charge in [-0.05, 0) is 13.8 Å². The third-order valence-electron chi connectivity index (χ3n) is 2.01. The predicted octanol–water partition coefficient (Wildman–Crippen LogP) is 0.439. The van der Waals surface area contributed by atoms with Gasteiger partial charge in [0.1, 0.15) is 13.1 Å². The average Bonchev–Trinajstić information content (AvgIpc) is 2.08. The van der Waals surface area contributed by atoms with E-state index in [1.807, 2.05) is 6.92 Å². The quantitative estimate of drug-likeness (QED) is 0.693. The summed E-state index contributed by atoms with van der Waals surface area (Å²) in [6.45, 7) is 5.62. The number of benzene rings is 1. The summed E-state index contributed by atoms with van der Waals surface area (Å²) >= 11 is 0. The van der Waals surface area contributed by atoms with Crippen LogP contribution in [0.2, 0.25) is 0 Å². The fraction of sp³-hybridized carbons (Fsp3) is 0.455. The van der Waals surface area contributed by atoms with Crippen LogP contribution in [0.25, 0.3) is 0 Å². The van der Waals surface area contributed by atoms with Crippen LogP contribution >= 0.6 is 0 Å². The molecule has 1 aromatic carbocycles. The lowest BCUT2D eigenvalue weighted by Crippen LogP contribution is -2.84. The van der Waals surface area contributed by atoms with Gasteiger partial charge in [-0.25, -0.2) is 0 Å². The van der Waals surface area contributed by atoms with Gasteiger partial charge in [0, 0.05) is 5.56 Å². The van der Waals surface area contributed by atoms with E-state index in [1.54, 1.807) is 0 Å². The van der Waals surface area contributed by atoms with Gasteiger partial charge in [-0.1, -0.05) is 29.8 Å². The first kappa shape index (κ1) is 10.2. The fourth-order valence-corrected chi connectivity index (χ4v) is 1.22. The van der Waals surface area contributed by atoms with Crippen molar-refractivity contribution < 1.29 is 10.4 Å². The monoisotopic (exact) mass is 180 g/mol. The molecule has 0 bridgehead atoms. The van der Waals surface area contributed by atoms with Crippen molar-refractivity contribution in [2.45, 2.75) is 26.5 Å². The van der Waals surface area contributed by atoms with E-state index < -0.39 is 0 Å². The van der Waals surface area contributed by atoms with Crippen LogP contribution in [0.1, 0.15) is 18.1 Å². The first-order chi connectivity index (χ1) is 6.18. The molecule has 0 aliphatic rings. The Hall–Kier alpha value is -0.860. The molecule has 1 rings (SSSR count). The minimum Gasteiger partial charge on any atom is -0.388 e. The molecule has 1 aromatic rings. The second-order valence-electron chi connectivity index (χ2n) is 3.56. The van der Waals surface area contributed by atoms with Gasteiger partial charge in [-0.2, -0.15) is 0 Å². The van der Waals surface area contributed by atoms with Gasteiger partial charge in [-0.3, -0.25) is 0 Å². The minimum absolute atomic E-state index is 0.217. The van der Waals surface area contributed by atoms with E-state index in [9.17, 15) is 0 Å². The Labute approximate surface area is 79.6 Å². The van der Waals surface area contributed by atoms with Crippen LogP contribution in [0.5, 0.6) is 0 Å². The number of aliphatic hydroxyl groups is 1. The van der Waals surface area contributed by atoms with Gasteiger partial charge in [0.2, 0.25) is 0 Å². The Morgan fingerprint density at radius 3 is 2.46 bits per heavy atom. The van der Waals surface area contributed by atoms with E-state index >= 15 is 0 Å². The number of hydrogen-bond donors (Lipinski definition) is 2. The Kier molecular flexibility index (Phi) is 3.93. The second kappa shape index (κ2) is 5.00. The van der Waals surface area contributed by atoms with Crippen molar-refractivity contribution in [2.75, 3.05) is 6.54 Å². The molecule has 0 aromatic heterocycles. The molecule has 3 N–H and O–H groups in total. The molecule has 2 heteroatoms. The average molecular weight is 180 g/mol. The molecule has 0 unspecified atom stereocenters. The number of aliphatic hydroxyl groups excluding tert-OH is 1. The van der Waals surface area contributed by atoms with Crippen molar-refractivity contribution in [3.63, 3.8) is 0 Å². The van der Waals surface area contributed by atoms with Crippen molar-refractivity contribution in [1.29, 1.82) is 0 Å². The van der Waals surface area contributed by atoms with Gasteiger partial charge in [0.25, 0.3) is 0 Å². The predicted molar refractivity (Wildman–Crippen MR) is 53.4 cm³/mol. The van der Waals surface area contributed by atoms with Crippen LogP contribution in [-0.2, 0) is 6.54 Å². The van der Waals surface area contributed by atoms with E-state index in [0.29, 0.717) is 0 Å². The second-order valence-corrected chi connectivity index (χ2v) is 3.56. The number of aryl methyl sites for hydroxylation is 1. The summed E-state index contributed by atoms with van der Waals surface area (Å²) in [4.78, 5) is 0. The molecular weight excluding hydrogens is 162 g/mol. The lowest BCUT2D eigenvalue weighted by atomic mass is 10.1. The minimum atomic E-state index is -0.217. The summed E-state index contributed by atoms with van der Waals surface area (Å²) in [5.74, 6) is 0. The summed E-state index contributed by atoms with van der Waals surface area (Å²) < 4.78 is 0. The molecular formula is C11H18NO+. The molecule has 0 heterocycles. The summed E-state index contributed by atoms with van der Waals surface area (Å²) in [5, 5.41) is 11.2. The van der Waals surface area contributed by atoms with E-state index in [-0.39, 0.29) is 6.10 Å². The zero-order valence-electron chi connectivity index (χ0n) is 8.33. The van der Waals surface area contributed by atoms with Crippen LogP contribution in [0.4, 0.5) is 0 Å². The van der Waals surface area contributed by atoms with E-state index in [0.717, 1.165) is 13.1 Å². The van der Waals surface area contributed by atoms with Crippen LogP contribution in [-0.4, -0.2) is 17.8 Å². The largest absolute Gasteiger partial charge is 0.388 e. The smallest absolute Gasteiger partial charge is 0.102 e. The zero-order valence-corrected chi connectivity index (χ0v) is 8.33. The van der Waals surface area contributed by atoms with Gasteiger partial charge in [0.15, 0.2) is 0 Å². The molecule has 72 valence electrons. The molecule has 0 radical (unpaired) electrons. The highest BCUT2D eigenvalue weighted by Crippen LogP contribution is 2.00. The first-order valence-electron chi connectivity index (χ1n) is 4.74. The number of quaternary nitrogens is 1. The Bertz CT molecular complexity index is 241. The number of rotatable bonds is 4. The van der Waals surface area contributed by atoms with Crippen LogP contribution in [0.3, 0.4) is 0 Å². The maximum Gasteiger partial charge on any atom is 0.102 e. The van der Waals surface area contributed by atoms with Crippen LogP contribution in [0.15, 0.2) is 24.3 Å². The van der Waals surface area contributed by atoms with E-state index in [1.165, 1.54) is 11.1 Å². The van der Waals surface area contributed by atoms with E-state index in [2.05, 4.69) is 36.5 Å². The SMILES string of the molecule is Cc1ccc(C[NH2+]C[C@H](C)O)cc1. The van der Waals surface area contributed by atoms with Crippen molar-refractivity contribution >= 4 is 0 Å². The molecule has 1 atom stereocenters. The van der Waals surface area contributed by atoms with Gasteiger partial charge < -0.3 is 10.4 Å². The van der Waals surface area contributed by atoms with E-state index in [4.69, 9.17) is 5.11 Å². The molecule has 0 fully saturated rings. The highest BCUT2D eigenvalue weighted by molar-refractivity contribution is 5.20. The molecule has 0 amide bonds. The van der Waals surface area contributed by atoms with Crippen molar-refractivity contribution in [3.8, 4) is 0 Å². The van der Waals surface area contributed by atoms with Gasteiger partial charge in [0.05, 0.1) is 6.10 Å². The Morgan fingerprint density at radius 2 is 1.92 bits per heavy atom. The summed E-state index contributed by atoms with van der Waals surface area (Å²) in [7, 11) is 0. The molecule has 0 saturated carbocycles. The van der Waals surface area contributed by atoms with Crippen molar-refractivity contribution in [1.82, 2.24) is 0 Å². The lowest BCUT2D eigenvalue weighted by Gasteiger charge is -2.03. The highest BCUT2D eigenvalue weighted by Gasteiger charge is 1.98. The number of nitrogens with two attached hydrogens (primary N) is 1. The highest BCUT2D eigenvalue weighted by atomic mass is 16.3. The van der Waals surface area contributed by atoms with Crippen molar-refractivity contribution in [3.05, 3.63) is 35.4 Å². The molecule has 13 heavy (non-hydrogen) atoms. The third-order valence-corrected chi connectivity index (χ3v) is 2.01. The van der Waals surface area contributed by atoms with Gasteiger partial charge in [-0.15, -0.1) is 0 Å². The Balaban J connectivity index is 2.33. The first-order valence-corrected chi connectivity index (χ1v) is 4.74. The topological polar surface area (TPSA) is 36.8 Å². The Morgan fingerprint density at radius 1 is 1.31 bits per heavy atom.